The molecule has 2 heterocycles. The Morgan fingerprint density at radius 1 is 1.48 bits per heavy atom. The van der Waals surface area contributed by atoms with Gasteiger partial charge in [0.1, 0.15) is 23.4 Å². The van der Waals surface area contributed by atoms with Crippen LogP contribution in [0.3, 0.4) is 0 Å². The van der Waals surface area contributed by atoms with E-state index < -0.39 is 5.56 Å². The van der Waals surface area contributed by atoms with Crippen LogP contribution in [0.1, 0.15) is 19.4 Å². The van der Waals surface area contributed by atoms with Gasteiger partial charge in [0.15, 0.2) is 0 Å². The zero-order valence-electron chi connectivity index (χ0n) is 11.8. The highest BCUT2D eigenvalue weighted by Gasteiger charge is 2.23. The average Bonchev–Trinajstić information content (AvgIpc) is 2.76. The first-order chi connectivity index (χ1) is 10.1. The number of rotatable bonds is 3. The van der Waals surface area contributed by atoms with Crippen molar-refractivity contribution in [2.24, 2.45) is 0 Å². The molecule has 1 aliphatic rings. The Kier molecular flexibility index (Phi) is 3.29. The number of aromatic hydroxyl groups is 1. The van der Waals surface area contributed by atoms with Crippen LogP contribution >= 0.6 is 0 Å². The van der Waals surface area contributed by atoms with Crippen molar-refractivity contribution >= 4 is 0 Å². The van der Waals surface area contributed by atoms with E-state index in [1.165, 1.54) is 0 Å². The van der Waals surface area contributed by atoms with Gasteiger partial charge in [-0.2, -0.15) is 4.98 Å². The standard InChI is InChI=1S/C15H16N2O4/c1-3-20-12-5-9-4-8(2)21-11(9)6-10(12)15-16-13(18)7-14(19)17-15/h5-8H,3-4H2,1-2H3,(H2,16,17,18,19). The lowest BCUT2D eigenvalue weighted by atomic mass is 10.1. The van der Waals surface area contributed by atoms with E-state index in [0.29, 0.717) is 17.9 Å². The van der Waals surface area contributed by atoms with Gasteiger partial charge in [-0.15, -0.1) is 0 Å². The minimum absolute atomic E-state index is 0.112. The van der Waals surface area contributed by atoms with Crippen molar-refractivity contribution in [2.45, 2.75) is 26.4 Å². The van der Waals surface area contributed by atoms with E-state index >= 15 is 0 Å². The van der Waals surface area contributed by atoms with Gasteiger partial charge in [-0.05, 0) is 26.0 Å². The smallest absolute Gasteiger partial charge is 0.254 e. The van der Waals surface area contributed by atoms with E-state index in [1.54, 1.807) is 6.07 Å². The quantitative estimate of drug-likeness (QED) is 0.900. The summed E-state index contributed by atoms with van der Waals surface area (Å²) in [5, 5.41) is 9.51. The number of aromatic amines is 1. The highest BCUT2D eigenvalue weighted by atomic mass is 16.5. The van der Waals surface area contributed by atoms with E-state index in [-0.39, 0.29) is 17.8 Å². The Bertz CT molecular complexity index is 739. The number of fused-ring (bicyclic) bond motifs is 1. The molecule has 1 unspecified atom stereocenters. The van der Waals surface area contributed by atoms with Crippen molar-refractivity contribution in [3.8, 4) is 28.8 Å². The molecule has 0 saturated heterocycles. The number of benzene rings is 1. The second-order valence-electron chi connectivity index (χ2n) is 4.97. The molecule has 0 fully saturated rings. The van der Waals surface area contributed by atoms with Crippen LogP contribution in [0.2, 0.25) is 0 Å². The second kappa shape index (κ2) is 5.12. The van der Waals surface area contributed by atoms with Gasteiger partial charge in [0.25, 0.3) is 5.56 Å². The predicted octanol–water partition coefficient (Wildman–Crippen LogP) is 1.86. The molecule has 2 aromatic rings. The molecule has 6 heteroatoms. The number of nitrogens with zero attached hydrogens (tertiary/aromatic N) is 1. The normalized spacial score (nSPS) is 16.4. The molecule has 0 radical (unpaired) electrons. The molecule has 21 heavy (non-hydrogen) atoms. The van der Waals surface area contributed by atoms with Crippen molar-refractivity contribution in [1.29, 1.82) is 0 Å². The van der Waals surface area contributed by atoms with Crippen LogP contribution in [0, 0.1) is 0 Å². The zero-order chi connectivity index (χ0) is 15.0. The van der Waals surface area contributed by atoms with Gasteiger partial charge < -0.3 is 19.6 Å². The van der Waals surface area contributed by atoms with Crippen LogP contribution in [-0.2, 0) is 6.42 Å². The molecule has 2 N–H and O–H groups in total. The van der Waals surface area contributed by atoms with E-state index in [1.807, 2.05) is 19.9 Å². The zero-order valence-corrected chi connectivity index (χ0v) is 11.8. The highest BCUT2D eigenvalue weighted by Crippen LogP contribution is 2.38. The van der Waals surface area contributed by atoms with Gasteiger partial charge in [-0.1, -0.05) is 0 Å². The summed E-state index contributed by atoms with van der Waals surface area (Å²) < 4.78 is 11.4. The van der Waals surface area contributed by atoms with Crippen LogP contribution in [0.15, 0.2) is 23.0 Å². The first kappa shape index (κ1) is 13.5. The van der Waals surface area contributed by atoms with Crippen LogP contribution in [-0.4, -0.2) is 27.8 Å². The number of H-pyrrole nitrogens is 1. The molecule has 0 amide bonds. The first-order valence-corrected chi connectivity index (χ1v) is 6.84. The average molecular weight is 288 g/mol. The number of ether oxygens (including phenoxy) is 2. The van der Waals surface area contributed by atoms with Gasteiger partial charge >= 0.3 is 0 Å². The fourth-order valence-corrected chi connectivity index (χ4v) is 2.47. The summed E-state index contributed by atoms with van der Waals surface area (Å²) in [5.41, 5.74) is 1.24. The molecule has 0 spiro atoms. The molecule has 1 aromatic heterocycles. The van der Waals surface area contributed by atoms with Crippen molar-refractivity contribution in [2.75, 3.05) is 6.61 Å². The molecule has 110 valence electrons. The number of aromatic nitrogens is 2. The van der Waals surface area contributed by atoms with Crippen LogP contribution in [0.25, 0.3) is 11.4 Å². The maximum absolute atomic E-state index is 11.5. The molecule has 0 bridgehead atoms. The summed E-state index contributed by atoms with van der Waals surface area (Å²) in [6.07, 6.45) is 0.931. The van der Waals surface area contributed by atoms with Crippen LogP contribution < -0.4 is 15.0 Å². The third kappa shape index (κ3) is 2.56. The lowest BCUT2D eigenvalue weighted by molar-refractivity contribution is 0.254. The third-order valence-corrected chi connectivity index (χ3v) is 3.28. The number of hydrogen-bond acceptors (Lipinski definition) is 5. The van der Waals surface area contributed by atoms with Crippen LogP contribution in [0.5, 0.6) is 17.4 Å². The Morgan fingerprint density at radius 3 is 3.00 bits per heavy atom. The summed E-state index contributed by atoms with van der Waals surface area (Å²) in [6.45, 7) is 4.37. The highest BCUT2D eigenvalue weighted by molar-refractivity contribution is 5.68. The SMILES string of the molecule is CCOc1cc2c(cc1-c1nc(O)cc(=O)[nH]1)OC(C)C2. The van der Waals surface area contributed by atoms with Gasteiger partial charge in [-0.25, -0.2) is 0 Å². The number of nitrogens with one attached hydrogen (secondary N) is 1. The lowest BCUT2D eigenvalue weighted by Crippen LogP contribution is -2.07. The van der Waals surface area contributed by atoms with Gasteiger partial charge in [-0.3, -0.25) is 4.79 Å². The first-order valence-electron chi connectivity index (χ1n) is 6.84. The third-order valence-electron chi connectivity index (χ3n) is 3.28. The molecular weight excluding hydrogens is 272 g/mol. The van der Waals surface area contributed by atoms with Gasteiger partial charge in [0.2, 0.25) is 5.88 Å². The Labute approximate surface area is 121 Å². The van der Waals surface area contributed by atoms with E-state index in [2.05, 4.69) is 9.97 Å². The maximum Gasteiger partial charge on any atom is 0.254 e. The summed E-state index contributed by atoms with van der Waals surface area (Å²) in [4.78, 5) is 18.1. The van der Waals surface area contributed by atoms with Gasteiger partial charge in [0.05, 0.1) is 18.2 Å². The number of hydrogen-bond donors (Lipinski definition) is 2. The van der Waals surface area contributed by atoms with Crippen molar-refractivity contribution in [1.82, 2.24) is 9.97 Å². The lowest BCUT2D eigenvalue weighted by Gasteiger charge is -2.12. The van der Waals surface area contributed by atoms with Gasteiger partial charge in [0, 0.05) is 12.0 Å². The molecule has 1 aromatic carbocycles. The predicted molar refractivity (Wildman–Crippen MR) is 76.9 cm³/mol. The molecule has 0 saturated carbocycles. The summed E-state index contributed by atoms with van der Waals surface area (Å²) in [5.74, 6) is 1.30. The van der Waals surface area contributed by atoms with Crippen molar-refractivity contribution in [3.05, 3.63) is 34.1 Å². The summed E-state index contributed by atoms with van der Waals surface area (Å²) in [7, 11) is 0. The minimum atomic E-state index is -0.422. The Balaban J connectivity index is 2.16. The van der Waals surface area contributed by atoms with E-state index in [9.17, 15) is 9.90 Å². The second-order valence-corrected chi connectivity index (χ2v) is 4.97. The summed E-state index contributed by atoms with van der Waals surface area (Å²) in [6, 6.07) is 4.72. The van der Waals surface area contributed by atoms with Crippen LogP contribution in [0.4, 0.5) is 0 Å². The van der Waals surface area contributed by atoms with Crippen molar-refractivity contribution < 1.29 is 14.6 Å². The van der Waals surface area contributed by atoms with Crippen molar-refractivity contribution in [3.63, 3.8) is 0 Å². The fourth-order valence-electron chi connectivity index (χ4n) is 2.47. The maximum atomic E-state index is 11.5. The molecule has 1 aliphatic heterocycles. The largest absolute Gasteiger partial charge is 0.493 e. The topological polar surface area (TPSA) is 84.4 Å². The molecule has 0 aliphatic carbocycles. The molecule has 6 nitrogen and oxygen atoms in total. The van der Waals surface area contributed by atoms with E-state index in [0.717, 1.165) is 23.8 Å². The molecular formula is C15H16N2O4. The van der Waals surface area contributed by atoms with E-state index in [4.69, 9.17) is 9.47 Å². The molecule has 3 rings (SSSR count). The monoisotopic (exact) mass is 288 g/mol. The summed E-state index contributed by atoms with van der Waals surface area (Å²) >= 11 is 0. The Hall–Kier alpha value is -2.50. The Morgan fingerprint density at radius 2 is 2.29 bits per heavy atom. The minimum Gasteiger partial charge on any atom is -0.493 e. The molecule has 1 atom stereocenters. The fraction of sp³-hybridized carbons (Fsp3) is 0.333.